The van der Waals surface area contributed by atoms with Gasteiger partial charge in [-0.1, -0.05) is 6.07 Å². The molecule has 112 valence electrons. The lowest BCUT2D eigenvalue weighted by Gasteiger charge is -2.16. The van der Waals surface area contributed by atoms with Gasteiger partial charge in [0.15, 0.2) is 11.6 Å². The molecular formula is C17H18F2O2. The summed E-state index contributed by atoms with van der Waals surface area (Å²) in [5.41, 5.74) is 3.13. The third kappa shape index (κ3) is 3.39. The summed E-state index contributed by atoms with van der Waals surface area (Å²) < 4.78 is 31.3. The molecule has 0 heterocycles. The minimum Gasteiger partial charge on any atom is -0.496 e. The van der Waals surface area contributed by atoms with E-state index in [1.807, 2.05) is 26.0 Å². The van der Waals surface area contributed by atoms with E-state index >= 15 is 0 Å². The lowest BCUT2D eigenvalue weighted by atomic mass is 9.95. The maximum Gasteiger partial charge on any atom is 0.159 e. The van der Waals surface area contributed by atoms with E-state index in [0.29, 0.717) is 5.56 Å². The Morgan fingerprint density at radius 2 is 1.76 bits per heavy atom. The van der Waals surface area contributed by atoms with Crippen molar-refractivity contribution < 1.29 is 18.6 Å². The summed E-state index contributed by atoms with van der Waals surface area (Å²) in [6, 6.07) is 7.39. The van der Waals surface area contributed by atoms with Crippen molar-refractivity contribution in [3.8, 4) is 5.75 Å². The maximum absolute atomic E-state index is 13.2. The van der Waals surface area contributed by atoms with Crippen LogP contribution in [0.5, 0.6) is 5.75 Å². The predicted molar refractivity (Wildman–Crippen MR) is 77.5 cm³/mol. The minimum absolute atomic E-state index is 0.226. The summed E-state index contributed by atoms with van der Waals surface area (Å²) in [6.07, 6.45) is -0.552. The number of ether oxygens (including phenoxy) is 1. The number of aryl methyl sites for hydroxylation is 2. The van der Waals surface area contributed by atoms with Crippen LogP contribution in [0.1, 0.15) is 28.4 Å². The number of aliphatic hydroxyl groups is 1. The molecule has 2 rings (SSSR count). The standard InChI is InChI=1S/C17H18F2O2/c1-10-7-17(21-3)11(2)6-13(10)16(20)9-12-4-5-14(18)15(19)8-12/h4-8,16,20H,9H2,1-3H3. The average Bonchev–Trinajstić information content (AvgIpc) is 2.44. The van der Waals surface area contributed by atoms with E-state index in [1.165, 1.54) is 6.07 Å². The van der Waals surface area contributed by atoms with Gasteiger partial charge in [0.05, 0.1) is 13.2 Å². The molecule has 2 aromatic rings. The first-order valence-corrected chi connectivity index (χ1v) is 6.69. The highest BCUT2D eigenvalue weighted by molar-refractivity contribution is 5.42. The molecule has 0 radical (unpaired) electrons. The number of hydrogen-bond donors (Lipinski definition) is 1. The van der Waals surface area contributed by atoms with Crippen LogP contribution in [0.2, 0.25) is 0 Å². The molecule has 4 heteroatoms. The van der Waals surface area contributed by atoms with Crippen molar-refractivity contribution in [2.75, 3.05) is 7.11 Å². The molecule has 1 unspecified atom stereocenters. The average molecular weight is 292 g/mol. The van der Waals surface area contributed by atoms with Crippen LogP contribution in [-0.4, -0.2) is 12.2 Å². The molecule has 2 nitrogen and oxygen atoms in total. The lowest BCUT2D eigenvalue weighted by molar-refractivity contribution is 0.177. The van der Waals surface area contributed by atoms with Gasteiger partial charge in [-0.15, -0.1) is 0 Å². The van der Waals surface area contributed by atoms with Crippen molar-refractivity contribution in [3.05, 3.63) is 64.2 Å². The van der Waals surface area contributed by atoms with Crippen molar-refractivity contribution in [3.63, 3.8) is 0 Å². The predicted octanol–water partition coefficient (Wildman–Crippen LogP) is 3.87. The summed E-state index contributed by atoms with van der Waals surface area (Å²) in [6.45, 7) is 3.78. The van der Waals surface area contributed by atoms with Gasteiger partial charge in [-0.05, 0) is 60.4 Å². The van der Waals surface area contributed by atoms with Crippen LogP contribution in [-0.2, 0) is 6.42 Å². The highest BCUT2D eigenvalue weighted by Gasteiger charge is 2.15. The molecule has 0 bridgehead atoms. The van der Waals surface area contributed by atoms with E-state index < -0.39 is 17.7 Å². The molecule has 1 N–H and O–H groups in total. The fourth-order valence-electron chi connectivity index (χ4n) is 2.39. The van der Waals surface area contributed by atoms with Crippen LogP contribution in [0.25, 0.3) is 0 Å². The van der Waals surface area contributed by atoms with Crippen molar-refractivity contribution in [2.24, 2.45) is 0 Å². The SMILES string of the molecule is COc1cc(C)c(C(O)Cc2ccc(F)c(F)c2)cc1C. The van der Waals surface area contributed by atoms with Crippen molar-refractivity contribution in [1.82, 2.24) is 0 Å². The molecule has 0 saturated carbocycles. The maximum atomic E-state index is 13.2. The molecule has 0 aromatic heterocycles. The van der Waals surface area contributed by atoms with Gasteiger partial charge in [0.1, 0.15) is 5.75 Å². The second-order valence-electron chi connectivity index (χ2n) is 5.15. The second kappa shape index (κ2) is 6.22. The van der Waals surface area contributed by atoms with Gasteiger partial charge in [-0.2, -0.15) is 0 Å². The number of rotatable bonds is 4. The molecule has 0 saturated heterocycles. The molecule has 1 atom stereocenters. The summed E-state index contributed by atoms with van der Waals surface area (Å²) >= 11 is 0. The third-order valence-electron chi connectivity index (χ3n) is 3.56. The van der Waals surface area contributed by atoms with E-state index in [2.05, 4.69) is 0 Å². The van der Waals surface area contributed by atoms with E-state index in [-0.39, 0.29) is 6.42 Å². The first-order valence-electron chi connectivity index (χ1n) is 6.69. The van der Waals surface area contributed by atoms with E-state index in [0.717, 1.165) is 34.6 Å². The normalized spacial score (nSPS) is 12.3. The van der Waals surface area contributed by atoms with Gasteiger partial charge >= 0.3 is 0 Å². The fraction of sp³-hybridized carbons (Fsp3) is 0.294. The topological polar surface area (TPSA) is 29.5 Å². The zero-order valence-electron chi connectivity index (χ0n) is 12.3. The van der Waals surface area contributed by atoms with Crippen molar-refractivity contribution in [2.45, 2.75) is 26.4 Å². The van der Waals surface area contributed by atoms with Crippen LogP contribution >= 0.6 is 0 Å². The summed E-state index contributed by atoms with van der Waals surface area (Å²) in [7, 11) is 1.60. The molecule has 0 aliphatic rings. The second-order valence-corrected chi connectivity index (χ2v) is 5.15. The Kier molecular flexibility index (Phi) is 4.58. The lowest BCUT2D eigenvalue weighted by Crippen LogP contribution is -2.05. The third-order valence-corrected chi connectivity index (χ3v) is 3.56. The quantitative estimate of drug-likeness (QED) is 0.927. The Morgan fingerprint density at radius 1 is 1.05 bits per heavy atom. The number of halogens is 2. The van der Waals surface area contributed by atoms with E-state index in [4.69, 9.17) is 4.74 Å². The summed E-state index contributed by atoms with van der Waals surface area (Å²) in [5.74, 6) is -1.02. The molecule has 0 fully saturated rings. The van der Waals surface area contributed by atoms with E-state index in [1.54, 1.807) is 7.11 Å². The number of methoxy groups -OCH3 is 1. The highest BCUT2D eigenvalue weighted by atomic mass is 19.2. The Bertz CT molecular complexity index is 653. The largest absolute Gasteiger partial charge is 0.496 e. The highest BCUT2D eigenvalue weighted by Crippen LogP contribution is 2.28. The fourth-order valence-corrected chi connectivity index (χ4v) is 2.39. The molecule has 0 spiro atoms. The summed E-state index contributed by atoms with van der Waals surface area (Å²) in [5, 5.41) is 10.3. The van der Waals surface area contributed by atoms with Crippen molar-refractivity contribution in [1.29, 1.82) is 0 Å². The van der Waals surface area contributed by atoms with Crippen LogP contribution in [0.3, 0.4) is 0 Å². The molecule has 2 aromatic carbocycles. The number of benzene rings is 2. The Balaban J connectivity index is 2.25. The first kappa shape index (κ1) is 15.4. The Morgan fingerprint density at radius 3 is 2.38 bits per heavy atom. The van der Waals surface area contributed by atoms with Gasteiger partial charge in [0, 0.05) is 6.42 Å². The molecule has 21 heavy (non-hydrogen) atoms. The van der Waals surface area contributed by atoms with Crippen LogP contribution < -0.4 is 4.74 Å². The van der Waals surface area contributed by atoms with Gasteiger partial charge in [-0.3, -0.25) is 0 Å². The van der Waals surface area contributed by atoms with Gasteiger partial charge in [0.25, 0.3) is 0 Å². The number of aliphatic hydroxyl groups excluding tert-OH is 1. The monoisotopic (exact) mass is 292 g/mol. The Hall–Kier alpha value is -1.94. The molecular weight excluding hydrogens is 274 g/mol. The molecule has 0 amide bonds. The van der Waals surface area contributed by atoms with Crippen LogP contribution in [0, 0.1) is 25.5 Å². The van der Waals surface area contributed by atoms with Gasteiger partial charge < -0.3 is 9.84 Å². The summed E-state index contributed by atoms with van der Waals surface area (Å²) in [4.78, 5) is 0. The first-order chi connectivity index (χ1) is 9.92. The van der Waals surface area contributed by atoms with E-state index in [9.17, 15) is 13.9 Å². The molecule has 0 aliphatic heterocycles. The van der Waals surface area contributed by atoms with Crippen LogP contribution in [0.15, 0.2) is 30.3 Å². The number of hydrogen-bond acceptors (Lipinski definition) is 2. The van der Waals surface area contributed by atoms with Crippen LogP contribution in [0.4, 0.5) is 8.78 Å². The van der Waals surface area contributed by atoms with Gasteiger partial charge in [0.2, 0.25) is 0 Å². The van der Waals surface area contributed by atoms with Crippen molar-refractivity contribution >= 4 is 0 Å². The smallest absolute Gasteiger partial charge is 0.159 e. The minimum atomic E-state index is -0.901. The zero-order chi connectivity index (χ0) is 15.6. The zero-order valence-corrected chi connectivity index (χ0v) is 12.3. The molecule has 0 aliphatic carbocycles. The Labute approximate surface area is 123 Å². The van der Waals surface area contributed by atoms with Gasteiger partial charge in [-0.25, -0.2) is 8.78 Å².